The van der Waals surface area contributed by atoms with Gasteiger partial charge in [-0.15, -0.1) is 0 Å². The molecule has 0 aliphatic carbocycles. The molecule has 2 aliphatic heterocycles. The van der Waals surface area contributed by atoms with E-state index in [0.29, 0.717) is 6.42 Å². The van der Waals surface area contributed by atoms with Gasteiger partial charge in [0.25, 0.3) is 0 Å². The zero-order valence-corrected chi connectivity index (χ0v) is 15.4. The molecule has 27 heavy (non-hydrogen) atoms. The van der Waals surface area contributed by atoms with E-state index in [-0.39, 0.29) is 12.2 Å². The Morgan fingerprint density at radius 2 is 1.63 bits per heavy atom. The molecular weight excluding hydrogens is 344 g/mol. The van der Waals surface area contributed by atoms with Gasteiger partial charge in [0.1, 0.15) is 0 Å². The molecule has 5 heteroatoms. The molecular formula is C22H22O5. The first-order chi connectivity index (χ1) is 13.0. The van der Waals surface area contributed by atoms with Gasteiger partial charge in [-0.05, 0) is 18.1 Å². The van der Waals surface area contributed by atoms with E-state index in [0.717, 1.165) is 11.1 Å². The lowest BCUT2D eigenvalue weighted by Gasteiger charge is -2.54. The van der Waals surface area contributed by atoms with E-state index in [4.69, 9.17) is 14.2 Å². The Morgan fingerprint density at radius 3 is 2.22 bits per heavy atom. The summed E-state index contributed by atoms with van der Waals surface area (Å²) in [4.78, 5) is 26.1. The second kappa shape index (κ2) is 6.59. The summed E-state index contributed by atoms with van der Waals surface area (Å²) in [5.74, 6) is -2.61. The van der Waals surface area contributed by atoms with Crippen LogP contribution >= 0.6 is 0 Å². The maximum Gasteiger partial charge on any atom is 0.346 e. The number of ketones is 1. The number of esters is 1. The molecule has 140 valence electrons. The number of hydrogen-bond donors (Lipinski definition) is 0. The molecule has 4 atom stereocenters. The Kier molecular flexibility index (Phi) is 4.36. The van der Waals surface area contributed by atoms with E-state index >= 15 is 0 Å². The van der Waals surface area contributed by atoms with Gasteiger partial charge in [0, 0.05) is 12.8 Å². The number of benzene rings is 2. The van der Waals surface area contributed by atoms with Crippen LogP contribution in [0, 0.1) is 0 Å². The SMILES string of the molecule is COC(=O)[C@@]12O[C@@](C)(CCC1=O)O[C@H](c1ccccc1)[C@@H]2c1ccccc1. The molecule has 2 aromatic rings. The van der Waals surface area contributed by atoms with Gasteiger partial charge in [-0.1, -0.05) is 60.7 Å². The largest absolute Gasteiger partial charge is 0.467 e. The van der Waals surface area contributed by atoms with Crippen LogP contribution in [0.1, 0.15) is 42.9 Å². The molecule has 2 heterocycles. The van der Waals surface area contributed by atoms with Gasteiger partial charge in [-0.2, -0.15) is 0 Å². The fraction of sp³-hybridized carbons (Fsp3) is 0.364. The molecule has 0 aromatic heterocycles. The highest BCUT2D eigenvalue weighted by atomic mass is 16.7. The monoisotopic (exact) mass is 366 g/mol. The molecule has 0 radical (unpaired) electrons. The van der Waals surface area contributed by atoms with Crippen molar-refractivity contribution in [2.45, 2.75) is 43.2 Å². The van der Waals surface area contributed by atoms with E-state index in [1.807, 2.05) is 60.7 Å². The van der Waals surface area contributed by atoms with Crippen molar-refractivity contribution in [1.82, 2.24) is 0 Å². The lowest BCUT2D eigenvalue weighted by Crippen LogP contribution is -2.67. The van der Waals surface area contributed by atoms with Crippen LogP contribution in [0.5, 0.6) is 0 Å². The summed E-state index contributed by atoms with van der Waals surface area (Å²) in [6.07, 6.45) is 0.0852. The van der Waals surface area contributed by atoms with Crippen LogP contribution in [0.2, 0.25) is 0 Å². The lowest BCUT2D eigenvalue weighted by atomic mass is 9.69. The van der Waals surface area contributed by atoms with Crippen LogP contribution in [-0.4, -0.2) is 30.3 Å². The third-order valence-corrected chi connectivity index (χ3v) is 5.49. The highest BCUT2D eigenvalue weighted by Gasteiger charge is 2.66. The van der Waals surface area contributed by atoms with Crippen LogP contribution in [0.4, 0.5) is 0 Å². The number of carbonyl (C=O) groups is 2. The van der Waals surface area contributed by atoms with Crippen molar-refractivity contribution in [3.8, 4) is 0 Å². The molecule has 2 bridgehead atoms. The summed E-state index contributed by atoms with van der Waals surface area (Å²) in [6.45, 7) is 1.79. The normalized spacial score (nSPS) is 32.7. The third kappa shape index (κ3) is 2.78. The minimum absolute atomic E-state index is 0.205. The topological polar surface area (TPSA) is 61.8 Å². The predicted molar refractivity (Wildman–Crippen MR) is 97.9 cm³/mol. The molecule has 0 N–H and O–H groups in total. The molecule has 0 unspecified atom stereocenters. The van der Waals surface area contributed by atoms with E-state index < -0.39 is 29.4 Å². The molecule has 4 rings (SSSR count). The van der Waals surface area contributed by atoms with Crippen LogP contribution < -0.4 is 0 Å². The van der Waals surface area contributed by atoms with Gasteiger partial charge >= 0.3 is 5.97 Å². The lowest BCUT2D eigenvalue weighted by molar-refractivity contribution is -0.350. The van der Waals surface area contributed by atoms with Crippen molar-refractivity contribution in [2.75, 3.05) is 7.11 Å². The van der Waals surface area contributed by atoms with Gasteiger partial charge in [0.05, 0.1) is 19.1 Å². The number of hydrogen-bond acceptors (Lipinski definition) is 5. The summed E-state index contributed by atoms with van der Waals surface area (Å²) in [5, 5.41) is 0. The van der Waals surface area contributed by atoms with E-state index in [9.17, 15) is 9.59 Å². The smallest absolute Gasteiger partial charge is 0.346 e. The minimum atomic E-state index is -1.72. The Morgan fingerprint density at radius 1 is 1.04 bits per heavy atom. The number of Topliss-reactive ketones (excluding diaryl/α,β-unsaturated/α-hetero) is 1. The predicted octanol–water partition coefficient (Wildman–Crippen LogP) is 3.55. The number of ether oxygens (including phenoxy) is 3. The highest BCUT2D eigenvalue weighted by molar-refractivity contribution is 6.09. The standard InChI is InChI=1S/C22H22O5/c1-21-14-13-17(23)22(27-21,20(24)25-2)18(15-9-5-3-6-10-15)19(26-21)16-11-7-4-8-12-16/h3-12,18-19H,13-14H2,1-2H3/t18-,19+,21-,22+/m0/s1. The fourth-order valence-electron chi connectivity index (χ4n) is 4.25. The van der Waals surface area contributed by atoms with Gasteiger partial charge in [-0.3, -0.25) is 4.79 Å². The van der Waals surface area contributed by atoms with E-state index in [1.54, 1.807) is 6.92 Å². The van der Waals surface area contributed by atoms with Gasteiger partial charge in [0.15, 0.2) is 11.6 Å². The highest BCUT2D eigenvalue weighted by Crippen LogP contribution is 2.55. The number of rotatable bonds is 3. The summed E-state index contributed by atoms with van der Waals surface area (Å²) < 4.78 is 17.6. The maximum atomic E-state index is 13.1. The molecule has 2 fully saturated rings. The number of fused-ring (bicyclic) bond motifs is 2. The van der Waals surface area contributed by atoms with E-state index in [1.165, 1.54) is 7.11 Å². The molecule has 0 amide bonds. The molecule has 5 nitrogen and oxygen atoms in total. The second-order valence-electron chi connectivity index (χ2n) is 7.22. The Labute approximate surface area is 158 Å². The van der Waals surface area contributed by atoms with Crippen molar-refractivity contribution in [3.05, 3.63) is 71.8 Å². The quantitative estimate of drug-likeness (QED) is 0.614. The molecule has 2 aliphatic rings. The first-order valence-corrected chi connectivity index (χ1v) is 9.10. The molecule has 0 spiro atoms. The Hall–Kier alpha value is -2.50. The zero-order valence-electron chi connectivity index (χ0n) is 15.4. The van der Waals surface area contributed by atoms with Crippen molar-refractivity contribution in [1.29, 1.82) is 0 Å². The van der Waals surface area contributed by atoms with Crippen LogP contribution in [0.3, 0.4) is 0 Å². The van der Waals surface area contributed by atoms with Crippen LogP contribution in [0.15, 0.2) is 60.7 Å². The van der Waals surface area contributed by atoms with Crippen molar-refractivity contribution < 1.29 is 23.8 Å². The Balaban J connectivity index is 1.96. The minimum Gasteiger partial charge on any atom is -0.467 e. The average Bonchev–Trinajstić information content (AvgIpc) is 2.71. The Bertz CT molecular complexity index is 840. The van der Waals surface area contributed by atoms with Crippen molar-refractivity contribution in [3.63, 3.8) is 0 Å². The first-order valence-electron chi connectivity index (χ1n) is 9.10. The molecule has 2 saturated heterocycles. The summed E-state index contributed by atoms with van der Waals surface area (Å²) in [5.41, 5.74) is -0.0279. The molecule has 0 saturated carbocycles. The van der Waals surface area contributed by atoms with E-state index in [2.05, 4.69) is 0 Å². The maximum absolute atomic E-state index is 13.1. The van der Waals surface area contributed by atoms with Gasteiger partial charge in [-0.25, -0.2) is 4.79 Å². The number of methoxy groups -OCH3 is 1. The second-order valence-corrected chi connectivity index (χ2v) is 7.22. The summed E-state index contributed by atoms with van der Waals surface area (Å²) in [7, 11) is 1.29. The average molecular weight is 366 g/mol. The first kappa shape index (κ1) is 17.9. The summed E-state index contributed by atoms with van der Waals surface area (Å²) in [6, 6.07) is 19.1. The van der Waals surface area contributed by atoms with Crippen LogP contribution in [-0.2, 0) is 23.8 Å². The summed E-state index contributed by atoms with van der Waals surface area (Å²) >= 11 is 0. The van der Waals surface area contributed by atoms with Crippen LogP contribution in [0.25, 0.3) is 0 Å². The van der Waals surface area contributed by atoms with Crippen molar-refractivity contribution >= 4 is 11.8 Å². The van der Waals surface area contributed by atoms with Gasteiger partial charge < -0.3 is 14.2 Å². The van der Waals surface area contributed by atoms with Crippen molar-refractivity contribution in [2.24, 2.45) is 0 Å². The molecule has 2 aromatic carbocycles. The number of carbonyl (C=O) groups excluding carboxylic acids is 2. The van der Waals surface area contributed by atoms with Gasteiger partial charge in [0.2, 0.25) is 5.60 Å². The third-order valence-electron chi connectivity index (χ3n) is 5.49. The zero-order chi connectivity index (χ0) is 19.1. The fourth-order valence-corrected chi connectivity index (χ4v) is 4.25.